The maximum Gasteiger partial charge on any atom is 0.407 e. The monoisotopic (exact) mass is 290 g/mol. The van der Waals surface area contributed by atoms with E-state index >= 15 is 0 Å². The fourth-order valence-electron chi connectivity index (χ4n) is 2.89. The summed E-state index contributed by atoms with van der Waals surface area (Å²) in [5.41, 5.74) is 1.01. The number of carbonyl (C=O) groups is 1. The molecule has 0 aromatic heterocycles. The van der Waals surface area contributed by atoms with E-state index in [0.29, 0.717) is 12.5 Å². The summed E-state index contributed by atoms with van der Waals surface area (Å²) < 4.78 is 5.30. The summed E-state index contributed by atoms with van der Waals surface area (Å²) in [5, 5.41) is 3.01. The molecule has 1 fully saturated rings. The van der Waals surface area contributed by atoms with Crippen molar-refractivity contribution < 1.29 is 9.53 Å². The van der Waals surface area contributed by atoms with Gasteiger partial charge in [-0.25, -0.2) is 4.79 Å². The van der Waals surface area contributed by atoms with Crippen molar-refractivity contribution in [1.82, 2.24) is 10.2 Å². The standard InChI is InChI=1S/C17H26N2O2/c1-3-14-10-16(12-19(4-2)11-14)18-17(20)21-13-15-8-6-5-7-9-15/h5-9,14,16H,3-4,10-13H2,1-2H3,(H,18,20). The molecule has 1 aromatic rings. The number of likely N-dealkylation sites (tertiary alicyclic amines) is 1. The fraction of sp³-hybridized carbons (Fsp3) is 0.588. The molecule has 2 rings (SSSR count). The second-order valence-corrected chi connectivity index (χ2v) is 5.77. The maximum atomic E-state index is 11.9. The first-order valence-corrected chi connectivity index (χ1v) is 7.90. The van der Waals surface area contributed by atoms with Crippen molar-refractivity contribution in [2.45, 2.75) is 39.3 Å². The highest BCUT2D eigenvalue weighted by molar-refractivity contribution is 5.67. The van der Waals surface area contributed by atoms with Gasteiger partial charge in [-0.15, -0.1) is 0 Å². The molecule has 4 heteroatoms. The average Bonchev–Trinajstić information content (AvgIpc) is 2.53. The molecule has 1 aliphatic heterocycles. The van der Waals surface area contributed by atoms with Crippen molar-refractivity contribution in [3.05, 3.63) is 35.9 Å². The van der Waals surface area contributed by atoms with E-state index in [1.54, 1.807) is 0 Å². The Bertz CT molecular complexity index is 424. The lowest BCUT2D eigenvalue weighted by Crippen LogP contribution is -2.50. The van der Waals surface area contributed by atoms with Crippen LogP contribution in [0.15, 0.2) is 30.3 Å². The molecule has 0 saturated carbocycles. The Kier molecular flexibility index (Phi) is 6.05. The normalized spacial score (nSPS) is 22.8. The minimum absolute atomic E-state index is 0.201. The molecule has 1 aliphatic rings. The van der Waals surface area contributed by atoms with Crippen molar-refractivity contribution in [2.75, 3.05) is 19.6 Å². The molecule has 2 unspecified atom stereocenters. The molecule has 1 saturated heterocycles. The van der Waals surface area contributed by atoms with E-state index < -0.39 is 0 Å². The highest BCUT2D eigenvalue weighted by Crippen LogP contribution is 2.19. The summed E-state index contributed by atoms with van der Waals surface area (Å²) >= 11 is 0. The number of nitrogens with zero attached hydrogens (tertiary/aromatic N) is 1. The number of amides is 1. The van der Waals surface area contributed by atoms with Crippen molar-refractivity contribution in [3.63, 3.8) is 0 Å². The Morgan fingerprint density at radius 2 is 2.05 bits per heavy atom. The van der Waals surface area contributed by atoms with Gasteiger partial charge in [0, 0.05) is 19.1 Å². The smallest absolute Gasteiger partial charge is 0.407 e. The van der Waals surface area contributed by atoms with Crippen LogP contribution in [0.5, 0.6) is 0 Å². The average molecular weight is 290 g/mol. The van der Waals surface area contributed by atoms with E-state index in [-0.39, 0.29) is 12.1 Å². The van der Waals surface area contributed by atoms with Gasteiger partial charge in [-0.1, -0.05) is 50.6 Å². The maximum absolute atomic E-state index is 11.9. The Hall–Kier alpha value is -1.55. The Morgan fingerprint density at radius 1 is 1.29 bits per heavy atom. The lowest BCUT2D eigenvalue weighted by Gasteiger charge is -2.37. The van der Waals surface area contributed by atoms with Gasteiger partial charge >= 0.3 is 6.09 Å². The molecule has 1 aromatic carbocycles. The molecule has 116 valence electrons. The van der Waals surface area contributed by atoms with Gasteiger partial charge in [-0.2, -0.15) is 0 Å². The minimum atomic E-state index is -0.309. The van der Waals surface area contributed by atoms with Crippen LogP contribution in [-0.4, -0.2) is 36.7 Å². The number of carbonyl (C=O) groups excluding carboxylic acids is 1. The van der Waals surface area contributed by atoms with E-state index in [0.717, 1.165) is 38.0 Å². The summed E-state index contributed by atoms with van der Waals surface area (Å²) in [5.74, 6) is 0.665. The number of benzene rings is 1. The highest BCUT2D eigenvalue weighted by Gasteiger charge is 2.26. The number of ether oxygens (including phenoxy) is 1. The van der Waals surface area contributed by atoms with Gasteiger partial charge in [0.05, 0.1) is 0 Å². The first kappa shape index (κ1) is 15.8. The third kappa shape index (κ3) is 5.05. The van der Waals surface area contributed by atoms with Gasteiger partial charge < -0.3 is 15.0 Å². The lowest BCUT2D eigenvalue weighted by molar-refractivity contribution is 0.111. The quantitative estimate of drug-likeness (QED) is 0.906. The molecule has 21 heavy (non-hydrogen) atoms. The molecule has 2 atom stereocenters. The molecule has 0 radical (unpaired) electrons. The Labute approximate surface area is 127 Å². The number of piperidine rings is 1. The molecule has 4 nitrogen and oxygen atoms in total. The zero-order valence-corrected chi connectivity index (χ0v) is 13.0. The SMILES string of the molecule is CCC1CC(NC(=O)OCc2ccccc2)CN(CC)C1. The van der Waals surface area contributed by atoms with Gasteiger partial charge in [-0.3, -0.25) is 0 Å². The highest BCUT2D eigenvalue weighted by atomic mass is 16.5. The van der Waals surface area contributed by atoms with Crippen LogP contribution < -0.4 is 5.32 Å². The lowest BCUT2D eigenvalue weighted by atomic mass is 9.92. The zero-order chi connectivity index (χ0) is 15.1. The first-order chi connectivity index (χ1) is 10.2. The van der Waals surface area contributed by atoms with Crippen LogP contribution in [0.1, 0.15) is 32.3 Å². The van der Waals surface area contributed by atoms with Crippen LogP contribution in [-0.2, 0) is 11.3 Å². The van der Waals surface area contributed by atoms with Gasteiger partial charge in [0.25, 0.3) is 0 Å². The van der Waals surface area contributed by atoms with Gasteiger partial charge in [0.1, 0.15) is 6.61 Å². The molecule has 1 N–H and O–H groups in total. The second kappa shape index (κ2) is 8.03. The molecule has 1 heterocycles. The Balaban J connectivity index is 1.78. The second-order valence-electron chi connectivity index (χ2n) is 5.77. The van der Waals surface area contributed by atoms with Crippen molar-refractivity contribution in [2.24, 2.45) is 5.92 Å². The van der Waals surface area contributed by atoms with Crippen LogP contribution in [0, 0.1) is 5.92 Å². The summed E-state index contributed by atoms with van der Waals surface area (Å²) in [6.07, 6.45) is 1.90. The fourth-order valence-corrected chi connectivity index (χ4v) is 2.89. The number of hydrogen-bond acceptors (Lipinski definition) is 3. The summed E-state index contributed by atoms with van der Waals surface area (Å²) in [4.78, 5) is 14.3. The molecular formula is C17H26N2O2. The zero-order valence-electron chi connectivity index (χ0n) is 13.0. The van der Waals surface area contributed by atoms with E-state index in [1.165, 1.54) is 0 Å². The summed E-state index contributed by atoms with van der Waals surface area (Å²) in [6, 6.07) is 9.97. The predicted molar refractivity (Wildman–Crippen MR) is 84.1 cm³/mol. The molecular weight excluding hydrogens is 264 g/mol. The number of rotatable bonds is 5. The minimum Gasteiger partial charge on any atom is -0.445 e. The van der Waals surface area contributed by atoms with E-state index in [1.807, 2.05) is 30.3 Å². The van der Waals surface area contributed by atoms with Gasteiger partial charge in [-0.05, 0) is 24.4 Å². The number of alkyl carbamates (subject to hydrolysis) is 1. The van der Waals surface area contributed by atoms with Crippen LogP contribution in [0.25, 0.3) is 0 Å². The van der Waals surface area contributed by atoms with Crippen LogP contribution in [0.2, 0.25) is 0 Å². The van der Waals surface area contributed by atoms with Gasteiger partial charge in [0.2, 0.25) is 0 Å². The largest absolute Gasteiger partial charge is 0.445 e. The van der Waals surface area contributed by atoms with E-state index in [9.17, 15) is 4.79 Å². The third-order valence-corrected chi connectivity index (χ3v) is 4.17. The topological polar surface area (TPSA) is 41.6 Å². The van der Waals surface area contributed by atoms with Crippen LogP contribution >= 0.6 is 0 Å². The predicted octanol–water partition coefficient (Wildman–Crippen LogP) is 3.03. The number of likely N-dealkylation sites (N-methyl/N-ethyl adjacent to an activating group) is 1. The van der Waals surface area contributed by atoms with Crippen molar-refractivity contribution in [1.29, 1.82) is 0 Å². The molecule has 1 amide bonds. The molecule has 0 spiro atoms. The Morgan fingerprint density at radius 3 is 2.71 bits per heavy atom. The van der Waals surface area contributed by atoms with Crippen LogP contribution in [0.4, 0.5) is 4.79 Å². The first-order valence-electron chi connectivity index (χ1n) is 7.90. The van der Waals surface area contributed by atoms with Crippen LogP contribution in [0.3, 0.4) is 0 Å². The van der Waals surface area contributed by atoms with E-state index in [4.69, 9.17) is 4.74 Å². The van der Waals surface area contributed by atoms with Crippen molar-refractivity contribution >= 4 is 6.09 Å². The third-order valence-electron chi connectivity index (χ3n) is 4.17. The molecule has 0 aliphatic carbocycles. The number of nitrogens with one attached hydrogen (secondary N) is 1. The van der Waals surface area contributed by atoms with Gasteiger partial charge in [0.15, 0.2) is 0 Å². The summed E-state index contributed by atoms with van der Waals surface area (Å²) in [6.45, 7) is 7.82. The van der Waals surface area contributed by atoms with E-state index in [2.05, 4.69) is 24.1 Å². The molecule has 0 bridgehead atoms. The number of hydrogen-bond donors (Lipinski definition) is 1. The summed E-state index contributed by atoms with van der Waals surface area (Å²) in [7, 11) is 0. The van der Waals surface area contributed by atoms with Crippen molar-refractivity contribution in [3.8, 4) is 0 Å².